The number of benzene rings is 1. The summed E-state index contributed by atoms with van der Waals surface area (Å²) in [6.45, 7) is 0. The van der Waals surface area contributed by atoms with Crippen LogP contribution in [0.15, 0.2) is 24.3 Å². The number of carbonyl (C=O) groups is 1. The number of carboxylic acids is 1. The first-order valence-electron chi connectivity index (χ1n) is 4.16. The first kappa shape index (κ1) is 15.6. The monoisotopic (exact) mass is 254 g/mol. The van der Waals surface area contributed by atoms with E-state index in [9.17, 15) is 13.2 Å². The van der Waals surface area contributed by atoms with Crippen LogP contribution in [0.5, 0.6) is 0 Å². The van der Waals surface area contributed by atoms with Crippen LogP contribution in [-0.2, 0) is 16.5 Å². The van der Waals surface area contributed by atoms with E-state index in [1.807, 2.05) is 0 Å². The van der Waals surface area contributed by atoms with Crippen LogP contribution in [-0.4, -0.2) is 29.8 Å². The Balaban J connectivity index is 0. The molecule has 84 valence electrons. The van der Waals surface area contributed by atoms with Crippen molar-refractivity contribution in [3.63, 3.8) is 0 Å². The van der Waals surface area contributed by atoms with Crippen molar-refractivity contribution in [3.05, 3.63) is 35.4 Å². The molecule has 0 fully saturated rings. The van der Waals surface area contributed by atoms with Crippen molar-refractivity contribution < 1.29 is 53.9 Å². The molecule has 1 aromatic rings. The summed E-state index contributed by atoms with van der Waals surface area (Å²) in [4.78, 5) is 10.6. The van der Waals surface area contributed by atoms with Gasteiger partial charge in [-0.15, -0.1) is 0 Å². The minimum atomic E-state index is -4.00. The van der Waals surface area contributed by atoms with E-state index in [0.29, 0.717) is 5.56 Å². The molecule has 0 saturated carbocycles. The third-order valence-electron chi connectivity index (χ3n) is 1.82. The third-order valence-corrected chi connectivity index (χ3v) is 2.54. The van der Waals surface area contributed by atoms with Gasteiger partial charge in [-0.05, 0) is 24.1 Å². The van der Waals surface area contributed by atoms with E-state index in [2.05, 4.69) is 0 Å². The van der Waals surface area contributed by atoms with Crippen molar-refractivity contribution >= 4 is 16.1 Å². The molecule has 0 bridgehead atoms. The Morgan fingerprint density at radius 2 is 2.00 bits per heavy atom. The number of hydrogen-bond donors (Lipinski definition) is 2. The Morgan fingerprint density at radius 1 is 1.38 bits per heavy atom. The minimum absolute atomic E-state index is 0. The van der Waals surface area contributed by atoms with E-state index in [-0.39, 0.29) is 43.0 Å². The molecule has 2 N–H and O–H groups in total. The first-order valence-corrected chi connectivity index (χ1v) is 5.77. The average Bonchev–Trinajstić information content (AvgIpc) is 2.14. The SMILES string of the molecule is O=C(O)c1cccc(CCS(=O)(=O)O)c1.[H-].[Na+]. The van der Waals surface area contributed by atoms with Crippen molar-refractivity contribution in [3.8, 4) is 0 Å². The van der Waals surface area contributed by atoms with Crippen LogP contribution in [0, 0.1) is 0 Å². The summed E-state index contributed by atoms with van der Waals surface area (Å²) in [6.07, 6.45) is 0.0972. The molecule has 0 radical (unpaired) electrons. The summed E-state index contributed by atoms with van der Waals surface area (Å²) < 4.78 is 29.4. The van der Waals surface area contributed by atoms with E-state index in [1.165, 1.54) is 18.2 Å². The molecule has 5 nitrogen and oxygen atoms in total. The molecule has 0 heterocycles. The molecule has 1 aromatic carbocycles. The Bertz CT molecular complexity index is 474. The van der Waals surface area contributed by atoms with Crippen LogP contribution in [0.1, 0.15) is 17.3 Å². The molecule has 0 atom stereocenters. The van der Waals surface area contributed by atoms with E-state index >= 15 is 0 Å². The van der Waals surface area contributed by atoms with Crippen molar-refractivity contribution in [2.75, 3.05) is 5.75 Å². The quantitative estimate of drug-likeness (QED) is 0.476. The zero-order valence-corrected chi connectivity index (χ0v) is 11.6. The topological polar surface area (TPSA) is 91.7 Å². The predicted octanol–water partition coefficient (Wildman–Crippen LogP) is -2.07. The second kappa shape index (κ2) is 6.36. The van der Waals surface area contributed by atoms with Crippen LogP contribution < -0.4 is 29.6 Å². The molecule has 16 heavy (non-hydrogen) atoms. The fourth-order valence-electron chi connectivity index (χ4n) is 1.11. The van der Waals surface area contributed by atoms with Gasteiger partial charge in [-0.25, -0.2) is 4.79 Å². The summed E-state index contributed by atoms with van der Waals surface area (Å²) >= 11 is 0. The van der Waals surface area contributed by atoms with E-state index in [4.69, 9.17) is 9.66 Å². The maximum atomic E-state index is 10.6. The summed E-state index contributed by atoms with van der Waals surface area (Å²) in [5, 5.41) is 8.67. The molecule has 0 unspecified atom stereocenters. The van der Waals surface area contributed by atoms with Crippen LogP contribution in [0.2, 0.25) is 0 Å². The Morgan fingerprint density at radius 3 is 2.50 bits per heavy atom. The van der Waals surface area contributed by atoms with Gasteiger partial charge in [0.05, 0.1) is 11.3 Å². The molecule has 0 aliphatic rings. The Labute approximate surface area is 117 Å². The van der Waals surface area contributed by atoms with Crippen molar-refractivity contribution in [2.24, 2.45) is 0 Å². The van der Waals surface area contributed by atoms with Gasteiger partial charge in [0.2, 0.25) is 0 Å². The first-order chi connectivity index (χ1) is 6.88. The summed E-state index contributed by atoms with van der Waals surface area (Å²) in [6, 6.07) is 5.94. The summed E-state index contributed by atoms with van der Waals surface area (Å²) in [5.74, 6) is -1.47. The number of aryl methyl sites for hydroxylation is 1. The zero-order valence-electron chi connectivity index (χ0n) is 9.75. The number of aromatic carboxylic acids is 1. The summed E-state index contributed by atoms with van der Waals surface area (Å²) in [7, 11) is -4.00. The van der Waals surface area contributed by atoms with Gasteiger partial charge in [-0.2, -0.15) is 8.42 Å². The van der Waals surface area contributed by atoms with Gasteiger partial charge in [0.15, 0.2) is 0 Å². The van der Waals surface area contributed by atoms with Gasteiger partial charge in [0.1, 0.15) is 0 Å². The molecule has 0 aliphatic carbocycles. The average molecular weight is 254 g/mol. The van der Waals surface area contributed by atoms with E-state index in [1.54, 1.807) is 6.07 Å². The second-order valence-corrected chi connectivity index (χ2v) is 4.61. The predicted molar refractivity (Wildman–Crippen MR) is 54.6 cm³/mol. The number of rotatable bonds is 4. The fraction of sp³-hybridized carbons (Fsp3) is 0.222. The second-order valence-electron chi connectivity index (χ2n) is 3.04. The fourth-order valence-corrected chi connectivity index (χ4v) is 1.60. The van der Waals surface area contributed by atoms with Crippen LogP contribution in [0.3, 0.4) is 0 Å². The maximum Gasteiger partial charge on any atom is 1.00 e. The molecule has 0 aliphatic heterocycles. The molecule has 0 saturated heterocycles. The molecule has 0 spiro atoms. The molecule has 0 aromatic heterocycles. The molecule has 0 amide bonds. The number of carboxylic acid groups (broad SMARTS) is 1. The molecule has 7 heteroatoms. The molecule has 1 rings (SSSR count). The Hall–Kier alpha value is -0.400. The zero-order chi connectivity index (χ0) is 11.5. The van der Waals surface area contributed by atoms with E-state index < -0.39 is 21.8 Å². The maximum absolute atomic E-state index is 10.6. The van der Waals surface area contributed by atoms with Gasteiger partial charge in [-0.3, -0.25) is 4.55 Å². The largest absolute Gasteiger partial charge is 1.00 e. The van der Waals surface area contributed by atoms with Gasteiger partial charge < -0.3 is 6.53 Å². The molecular weight excluding hydrogens is 243 g/mol. The summed E-state index contributed by atoms with van der Waals surface area (Å²) in [5.41, 5.74) is 0.662. The van der Waals surface area contributed by atoms with Crippen molar-refractivity contribution in [1.82, 2.24) is 0 Å². The van der Waals surface area contributed by atoms with Gasteiger partial charge >= 0.3 is 35.5 Å². The van der Waals surface area contributed by atoms with Crippen molar-refractivity contribution in [1.29, 1.82) is 0 Å². The van der Waals surface area contributed by atoms with Crippen molar-refractivity contribution in [2.45, 2.75) is 6.42 Å². The van der Waals surface area contributed by atoms with Crippen LogP contribution >= 0.6 is 0 Å². The Kier molecular flexibility index (Phi) is 6.20. The normalized spacial score (nSPS) is 10.6. The minimum Gasteiger partial charge on any atom is -1.00 e. The van der Waals surface area contributed by atoms with Crippen LogP contribution in [0.4, 0.5) is 0 Å². The third kappa shape index (κ3) is 5.62. The standard InChI is InChI=1S/C9H10O5S.Na.H/c10-9(11)8-3-1-2-7(6-8)4-5-15(12,13)14;;/h1-3,6H,4-5H2,(H,10,11)(H,12,13,14);;/q;+1;-1. The van der Waals surface area contributed by atoms with Crippen LogP contribution in [0.25, 0.3) is 0 Å². The van der Waals surface area contributed by atoms with Gasteiger partial charge in [-0.1, -0.05) is 12.1 Å². The van der Waals surface area contributed by atoms with E-state index in [0.717, 1.165) is 0 Å². The smallest absolute Gasteiger partial charge is 1.00 e. The van der Waals surface area contributed by atoms with Gasteiger partial charge in [0, 0.05) is 0 Å². The van der Waals surface area contributed by atoms with Gasteiger partial charge in [0.25, 0.3) is 10.1 Å². The number of hydrogen-bond acceptors (Lipinski definition) is 3. The molecular formula is C9H11NaO5S.